The molecule has 2 aromatic rings. The maximum Gasteiger partial charge on any atom is 0.153 e. The average molecular weight is 337 g/mol. The van der Waals surface area contributed by atoms with E-state index in [4.69, 9.17) is 4.98 Å². The lowest BCUT2D eigenvalue weighted by Crippen LogP contribution is -2.18. The smallest absolute Gasteiger partial charge is 0.153 e. The van der Waals surface area contributed by atoms with Crippen molar-refractivity contribution in [3.05, 3.63) is 40.3 Å². The number of halogens is 1. The van der Waals surface area contributed by atoms with Gasteiger partial charge in [0.25, 0.3) is 0 Å². The van der Waals surface area contributed by atoms with Crippen molar-refractivity contribution < 1.29 is 0 Å². The van der Waals surface area contributed by atoms with Crippen molar-refractivity contribution in [1.29, 1.82) is 0 Å². The van der Waals surface area contributed by atoms with Crippen LogP contribution in [0.5, 0.6) is 0 Å². The summed E-state index contributed by atoms with van der Waals surface area (Å²) >= 11 is 3.42. The van der Waals surface area contributed by atoms with Gasteiger partial charge in [0.1, 0.15) is 0 Å². The fraction of sp³-hybridized carbons (Fsp3) is 0.467. The minimum absolute atomic E-state index is 0.0152. The molecule has 0 atom stereocenters. The number of hydrogen-bond acceptors (Lipinski definition) is 3. The highest BCUT2D eigenvalue weighted by Crippen LogP contribution is 2.23. The van der Waals surface area contributed by atoms with E-state index in [0.29, 0.717) is 0 Å². The van der Waals surface area contributed by atoms with E-state index in [9.17, 15) is 0 Å². The maximum atomic E-state index is 4.75. The van der Waals surface area contributed by atoms with E-state index in [0.717, 1.165) is 29.1 Å². The van der Waals surface area contributed by atoms with Crippen LogP contribution in [0.3, 0.4) is 0 Å². The van der Waals surface area contributed by atoms with Crippen molar-refractivity contribution in [2.75, 3.05) is 6.54 Å². The Bertz CT molecular complexity index is 584. The lowest BCUT2D eigenvalue weighted by molar-refractivity contribution is 0.563. The van der Waals surface area contributed by atoms with E-state index >= 15 is 0 Å². The molecule has 2 aromatic heterocycles. The molecule has 0 amide bonds. The third-order valence-corrected chi connectivity index (χ3v) is 3.41. The van der Waals surface area contributed by atoms with Crippen LogP contribution in [0.2, 0.25) is 0 Å². The lowest BCUT2D eigenvalue weighted by Gasteiger charge is -2.20. The number of aromatic nitrogens is 3. The Labute approximate surface area is 128 Å². The van der Waals surface area contributed by atoms with Gasteiger partial charge in [0.05, 0.1) is 10.7 Å². The molecule has 1 N–H and O–H groups in total. The maximum absolute atomic E-state index is 4.75. The van der Waals surface area contributed by atoms with Gasteiger partial charge in [-0.05, 0) is 40.2 Å². The molecule has 0 fully saturated rings. The van der Waals surface area contributed by atoms with Crippen LogP contribution in [-0.4, -0.2) is 21.3 Å². The Kier molecular flexibility index (Phi) is 4.60. The molecule has 0 aliphatic heterocycles. The van der Waals surface area contributed by atoms with Crippen molar-refractivity contribution in [2.45, 2.75) is 39.7 Å². The molecule has 0 spiro atoms. The molecule has 0 bridgehead atoms. The summed E-state index contributed by atoms with van der Waals surface area (Å²) in [4.78, 5) is 4.75. The van der Waals surface area contributed by atoms with Crippen LogP contribution in [0.1, 0.15) is 39.0 Å². The predicted octanol–water partition coefficient (Wildman–Crippen LogP) is 3.44. The number of pyridine rings is 1. The lowest BCUT2D eigenvalue weighted by atomic mass is 9.90. The van der Waals surface area contributed by atoms with Crippen molar-refractivity contribution in [3.8, 4) is 5.82 Å². The highest BCUT2D eigenvalue weighted by atomic mass is 79.9. The summed E-state index contributed by atoms with van der Waals surface area (Å²) in [6.45, 7) is 10.4. The summed E-state index contributed by atoms with van der Waals surface area (Å²) in [5.74, 6) is 0.857. The molecular formula is C15H21BrN4. The van der Waals surface area contributed by atoms with E-state index in [1.54, 1.807) is 10.9 Å². The molecule has 20 heavy (non-hydrogen) atoms. The Balaban J connectivity index is 2.45. The highest BCUT2D eigenvalue weighted by Gasteiger charge is 2.17. The van der Waals surface area contributed by atoms with Crippen molar-refractivity contribution in [2.24, 2.45) is 0 Å². The molecule has 108 valence electrons. The number of nitrogens with zero attached hydrogens (tertiary/aromatic N) is 3. The van der Waals surface area contributed by atoms with Crippen LogP contribution < -0.4 is 5.32 Å². The minimum Gasteiger partial charge on any atom is -0.313 e. The van der Waals surface area contributed by atoms with Crippen LogP contribution in [0.25, 0.3) is 5.82 Å². The van der Waals surface area contributed by atoms with E-state index in [1.165, 1.54) is 5.56 Å². The van der Waals surface area contributed by atoms with E-state index in [1.807, 2.05) is 6.20 Å². The van der Waals surface area contributed by atoms with Gasteiger partial charge in [0.2, 0.25) is 0 Å². The predicted molar refractivity (Wildman–Crippen MR) is 85.1 cm³/mol. The topological polar surface area (TPSA) is 42.7 Å². The fourth-order valence-corrected chi connectivity index (χ4v) is 2.16. The second-order valence-corrected chi connectivity index (χ2v) is 6.77. The zero-order valence-corrected chi connectivity index (χ0v) is 14.0. The molecule has 0 aliphatic rings. The number of rotatable bonds is 4. The number of nitrogens with one attached hydrogen (secondary N) is 1. The second-order valence-electron chi connectivity index (χ2n) is 5.85. The minimum atomic E-state index is 0.0152. The third-order valence-electron chi connectivity index (χ3n) is 3.00. The summed E-state index contributed by atoms with van der Waals surface area (Å²) in [5, 5.41) is 7.68. The first-order valence-electron chi connectivity index (χ1n) is 6.83. The summed E-state index contributed by atoms with van der Waals surface area (Å²) in [6, 6.07) is 4.25. The molecule has 0 aromatic carbocycles. The fourth-order valence-electron chi connectivity index (χ4n) is 1.87. The van der Waals surface area contributed by atoms with Gasteiger partial charge in [-0.2, -0.15) is 5.10 Å². The molecule has 2 heterocycles. The Morgan fingerprint density at radius 2 is 2.05 bits per heavy atom. The first-order valence-corrected chi connectivity index (χ1v) is 7.62. The average Bonchev–Trinajstić information content (AvgIpc) is 2.82. The van der Waals surface area contributed by atoms with E-state index < -0.39 is 0 Å². The molecule has 0 unspecified atom stereocenters. The first-order chi connectivity index (χ1) is 9.40. The summed E-state index contributed by atoms with van der Waals surface area (Å²) in [6.07, 6.45) is 3.70. The van der Waals surface area contributed by atoms with Crippen LogP contribution in [0, 0.1) is 0 Å². The molecular weight excluding hydrogens is 316 g/mol. The van der Waals surface area contributed by atoms with Gasteiger partial charge in [-0.25, -0.2) is 9.67 Å². The SMILES string of the molecule is CCNCc1cc(-n2cc(Br)cn2)nc(C(C)(C)C)c1. The van der Waals surface area contributed by atoms with Crippen LogP contribution in [0.4, 0.5) is 0 Å². The molecule has 0 radical (unpaired) electrons. The number of hydrogen-bond donors (Lipinski definition) is 1. The van der Waals surface area contributed by atoms with Gasteiger partial charge >= 0.3 is 0 Å². The Hall–Kier alpha value is -1.20. The Morgan fingerprint density at radius 1 is 1.30 bits per heavy atom. The van der Waals surface area contributed by atoms with Crippen molar-refractivity contribution >= 4 is 15.9 Å². The second kappa shape index (κ2) is 6.06. The largest absolute Gasteiger partial charge is 0.313 e. The van der Waals surface area contributed by atoms with Crippen LogP contribution >= 0.6 is 15.9 Å². The van der Waals surface area contributed by atoms with Gasteiger partial charge in [0.15, 0.2) is 5.82 Å². The van der Waals surface area contributed by atoms with Gasteiger partial charge < -0.3 is 5.32 Å². The van der Waals surface area contributed by atoms with Crippen LogP contribution in [0.15, 0.2) is 29.0 Å². The normalized spacial score (nSPS) is 11.8. The summed E-state index contributed by atoms with van der Waals surface area (Å²) in [7, 11) is 0. The molecule has 0 saturated carbocycles. The van der Waals surface area contributed by atoms with Gasteiger partial charge in [-0.1, -0.05) is 27.7 Å². The van der Waals surface area contributed by atoms with E-state index in [-0.39, 0.29) is 5.41 Å². The summed E-state index contributed by atoms with van der Waals surface area (Å²) < 4.78 is 2.75. The molecule has 4 nitrogen and oxygen atoms in total. The molecule has 2 rings (SSSR count). The first kappa shape index (κ1) is 15.2. The zero-order chi connectivity index (χ0) is 14.8. The van der Waals surface area contributed by atoms with Gasteiger partial charge in [0, 0.05) is 23.9 Å². The molecule has 0 aliphatic carbocycles. The van der Waals surface area contributed by atoms with Gasteiger partial charge in [-0.3, -0.25) is 0 Å². The van der Waals surface area contributed by atoms with Crippen molar-refractivity contribution in [3.63, 3.8) is 0 Å². The standard InChI is InChI=1S/C15H21BrN4/c1-5-17-8-11-6-13(15(2,3)4)19-14(7-11)20-10-12(16)9-18-20/h6-7,9-10,17H,5,8H2,1-4H3. The zero-order valence-electron chi connectivity index (χ0n) is 12.4. The highest BCUT2D eigenvalue weighted by molar-refractivity contribution is 9.10. The van der Waals surface area contributed by atoms with Gasteiger partial charge in [-0.15, -0.1) is 0 Å². The quantitative estimate of drug-likeness (QED) is 0.929. The van der Waals surface area contributed by atoms with Crippen LogP contribution in [-0.2, 0) is 12.0 Å². The Morgan fingerprint density at radius 3 is 2.60 bits per heavy atom. The van der Waals surface area contributed by atoms with E-state index in [2.05, 4.69) is 66.2 Å². The van der Waals surface area contributed by atoms with Crippen molar-refractivity contribution in [1.82, 2.24) is 20.1 Å². The molecule has 0 saturated heterocycles. The monoisotopic (exact) mass is 336 g/mol. The molecule has 5 heteroatoms. The summed E-state index contributed by atoms with van der Waals surface area (Å²) in [5.41, 5.74) is 2.32. The third kappa shape index (κ3) is 3.67.